The van der Waals surface area contributed by atoms with E-state index in [1.165, 1.54) is 25.0 Å². The van der Waals surface area contributed by atoms with Crippen molar-refractivity contribution in [3.05, 3.63) is 59.3 Å². The van der Waals surface area contributed by atoms with Gasteiger partial charge in [0, 0.05) is 31.0 Å². The number of benzene rings is 1. The molecule has 3 heterocycles. The van der Waals surface area contributed by atoms with E-state index >= 15 is 0 Å². The molecule has 0 bridgehead atoms. The molecule has 0 amide bonds. The second-order valence-electron chi connectivity index (χ2n) is 13.1. The fourth-order valence-corrected chi connectivity index (χ4v) is 7.60. The topological polar surface area (TPSA) is 133 Å². The van der Waals surface area contributed by atoms with Crippen LogP contribution in [0, 0.1) is 24.6 Å². The third kappa shape index (κ3) is 6.57. The summed E-state index contributed by atoms with van der Waals surface area (Å²) in [6.07, 6.45) is 5.73. The number of aliphatic hydroxyl groups is 2. The first kappa shape index (κ1) is 30.1. The fraction of sp³-hybridized carbons (Fsp3) is 0.500. The second kappa shape index (κ2) is 12.3. The van der Waals surface area contributed by atoms with Crippen LogP contribution in [-0.4, -0.2) is 60.2 Å². The summed E-state index contributed by atoms with van der Waals surface area (Å²) in [6, 6.07) is 7.86. The molecule has 0 unspecified atom stereocenters. The summed E-state index contributed by atoms with van der Waals surface area (Å²) < 4.78 is 14.3. The van der Waals surface area contributed by atoms with Crippen LogP contribution >= 0.6 is 11.3 Å². The van der Waals surface area contributed by atoms with Crippen molar-refractivity contribution in [1.82, 2.24) is 19.9 Å². The molecule has 3 saturated carbocycles. The van der Waals surface area contributed by atoms with Crippen molar-refractivity contribution >= 4 is 39.1 Å². The third-order valence-corrected chi connectivity index (χ3v) is 10.5. The molecule has 3 aliphatic rings. The number of anilines is 2. The molecular formula is C34H39FN6O3S. The smallest absolute Gasteiger partial charge is 0.225 e. The van der Waals surface area contributed by atoms with Crippen LogP contribution in [0.2, 0.25) is 0 Å². The average molecular weight is 631 g/mol. The molecule has 0 aliphatic heterocycles. The van der Waals surface area contributed by atoms with Crippen molar-refractivity contribution in [2.75, 3.05) is 10.6 Å². The van der Waals surface area contributed by atoms with E-state index < -0.39 is 24.2 Å². The Bertz CT molecular complexity index is 1710. The number of fused-ring (bicyclic) bond motifs is 1. The van der Waals surface area contributed by atoms with Crippen LogP contribution in [0.4, 0.5) is 16.2 Å². The molecule has 0 spiro atoms. The Morgan fingerprint density at radius 1 is 1.07 bits per heavy atom. The number of aryl methyl sites for hydroxylation is 2. The zero-order valence-corrected chi connectivity index (χ0v) is 26.4. The molecule has 236 valence electrons. The van der Waals surface area contributed by atoms with Gasteiger partial charge in [0.2, 0.25) is 5.95 Å². The summed E-state index contributed by atoms with van der Waals surface area (Å²) in [7, 11) is 0. The third-order valence-electron chi connectivity index (χ3n) is 9.51. The maximum atomic E-state index is 13.2. The van der Waals surface area contributed by atoms with Crippen molar-refractivity contribution in [3.8, 4) is 10.6 Å². The standard InChI is InChI=1S/C34H39FN6O3S/c1-17(20-6-7-20)37-34-38-18(2)27(33-40-29-26(45-33)13-14-36-28(29)21-8-9-21)32(41-34)39-25-16-22(30(43)31(25)44)15-24(42)12-5-19-3-10-23(35)11-4-19/h3-4,10-11,13-14,17,20-22,25,30-31,43-44H,5-9,12,15-16H2,1-2H3,(H2,37,38,39,41)/t17-,22+,25-,30-,31+/m1/s1. The number of rotatable bonds is 12. The van der Waals surface area contributed by atoms with E-state index in [2.05, 4.69) is 22.5 Å². The summed E-state index contributed by atoms with van der Waals surface area (Å²) in [5, 5.41) is 29.8. The van der Waals surface area contributed by atoms with Crippen LogP contribution in [-0.2, 0) is 11.2 Å². The molecule has 4 N–H and O–H groups in total. The van der Waals surface area contributed by atoms with Gasteiger partial charge in [-0.1, -0.05) is 12.1 Å². The van der Waals surface area contributed by atoms with E-state index in [4.69, 9.17) is 15.0 Å². The first-order chi connectivity index (χ1) is 21.7. The number of carbonyl (C=O) groups excluding carboxylic acids is 1. The van der Waals surface area contributed by atoms with Gasteiger partial charge in [-0.15, -0.1) is 11.3 Å². The largest absolute Gasteiger partial charge is 0.390 e. The number of hydrogen-bond donors (Lipinski definition) is 4. The van der Waals surface area contributed by atoms with E-state index in [-0.39, 0.29) is 24.1 Å². The SMILES string of the molecule is Cc1nc(N[C@H](C)C2CC2)nc(N[C@@H]2C[C@H](CC(=O)CCc3ccc(F)cc3)[C@@H](O)[C@H]2O)c1-c1nc2c(C3CC3)nccc2s1. The molecule has 7 rings (SSSR count). The lowest BCUT2D eigenvalue weighted by Gasteiger charge is -2.22. The van der Waals surface area contributed by atoms with Crippen molar-refractivity contribution in [2.45, 2.75) is 95.4 Å². The normalized spacial score (nSPS) is 23.8. The number of nitrogens with zero attached hydrogens (tertiary/aromatic N) is 4. The molecule has 9 nitrogen and oxygen atoms in total. The quantitative estimate of drug-likeness (QED) is 0.153. The van der Waals surface area contributed by atoms with E-state index in [0.717, 1.165) is 50.6 Å². The fourth-order valence-electron chi connectivity index (χ4n) is 6.53. The van der Waals surface area contributed by atoms with Crippen LogP contribution in [0.25, 0.3) is 20.8 Å². The predicted molar refractivity (Wildman–Crippen MR) is 173 cm³/mol. The van der Waals surface area contributed by atoms with Gasteiger partial charge in [0.15, 0.2) is 0 Å². The minimum atomic E-state index is -1.08. The monoisotopic (exact) mass is 630 g/mol. The number of thiazole rings is 1. The number of Topliss-reactive ketones (excluding diaryl/α,β-unsaturated/α-hetero) is 1. The first-order valence-electron chi connectivity index (χ1n) is 16.0. The first-order valence-corrected chi connectivity index (χ1v) is 16.8. The maximum absolute atomic E-state index is 13.2. The molecule has 3 fully saturated rings. The highest BCUT2D eigenvalue weighted by molar-refractivity contribution is 7.21. The van der Waals surface area contributed by atoms with E-state index in [9.17, 15) is 19.4 Å². The second-order valence-corrected chi connectivity index (χ2v) is 14.1. The van der Waals surface area contributed by atoms with Crippen LogP contribution in [0.3, 0.4) is 0 Å². The molecule has 4 aromatic rings. The highest BCUT2D eigenvalue weighted by Crippen LogP contribution is 2.45. The van der Waals surface area contributed by atoms with Gasteiger partial charge in [0.25, 0.3) is 0 Å². The molecule has 0 saturated heterocycles. The van der Waals surface area contributed by atoms with Crippen LogP contribution in [0.5, 0.6) is 0 Å². The molecule has 0 radical (unpaired) electrons. The summed E-state index contributed by atoms with van der Waals surface area (Å²) in [5.74, 6) is 1.43. The van der Waals surface area contributed by atoms with Crippen molar-refractivity contribution in [2.24, 2.45) is 11.8 Å². The zero-order valence-electron chi connectivity index (χ0n) is 25.5. The average Bonchev–Trinajstić information content (AvgIpc) is 3.95. The molecule has 3 aromatic heterocycles. The van der Waals surface area contributed by atoms with Crippen molar-refractivity contribution < 1.29 is 19.4 Å². The maximum Gasteiger partial charge on any atom is 0.225 e. The number of pyridine rings is 1. The van der Waals surface area contributed by atoms with Gasteiger partial charge in [-0.3, -0.25) is 9.78 Å². The molecule has 11 heteroatoms. The Morgan fingerprint density at radius 2 is 1.84 bits per heavy atom. The van der Waals surface area contributed by atoms with Crippen LogP contribution in [0.1, 0.15) is 74.7 Å². The number of halogens is 1. The Hall–Kier alpha value is -3.54. The van der Waals surface area contributed by atoms with Gasteiger partial charge in [0.05, 0.1) is 33.8 Å². The lowest BCUT2D eigenvalue weighted by molar-refractivity contribution is -0.121. The van der Waals surface area contributed by atoms with Gasteiger partial charge in [-0.25, -0.2) is 14.4 Å². The minimum absolute atomic E-state index is 0.00453. The molecular weight excluding hydrogens is 591 g/mol. The molecule has 5 atom stereocenters. The highest BCUT2D eigenvalue weighted by Gasteiger charge is 2.43. The van der Waals surface area contributed by atoms with Gasteiger partial charge in [-0.2, -0.15) is 4.98 Å². The van der Waals surface area contributed by atoms with E-state index in [1.807, 2.05) is 19.2 Å². The molecule has 1 aromatic carbocycles. The number of carbonyl (C=O) groups is 1. The number of hydrogen-bond acceptors (Lipinski definition) is 10. The molecule has 45 heavy (non-hydrogen) atoms. The number of ketones is 1. The van der Waals surface area contributed by atoms with Gasteiger partial charge in [0.1, 0.15) is 34.0 Å². The summed E-state index contributed by atoms with van der Waals surface area (Å²) >= 11 is 1.58. The summed E-state index contributed by atoms with van der Waals surface area (Å²) in [6.45, 7) is 4.09. The zero-order chi connectivity index (χ0) is 31.2. The lowest BCUT2D eigenvalue weighted by atomic mass is 9.95. The Labute approximate surface area is 265 Å². The number of aliphatic hydroxyl groups excluding tert-OH is 2. The Morgan fingerprint density at radius 3 is 2.58 bits per heavy atom. The van der Waals surface area contributed by atoms with Crippen molar-refractivity contribution in [1.29, 1.82) is 0 Å². The Kier molecular flexibility index (Phi) is 8.26. The summed E-state index contributed by atoms with van der Waals surface area (Å²) in [4.78, 5) is 32.3. The van der Waals surface area contributed by atoms with Crippen LogP contribution < -0.4 is 10.6 Å². The van der Waals surface area contributed by atoms with Crippen molar-refractivity contribution in [3.63, 3.8) is 0 Å². The van der Waals surface area contributed by atoms with E-state index in [1.54, 1.807) is 23.5 Å². The predicted octanol–water partition coefficient (Wildman–Crippen LogP) is 5.80. The minimum Gasteiger partial charge on any atom is -0.390 e. The summed E-state index contributed by atoms with van der Waals surface area (Å²) in [5.41, 5.74) is 4.38. The van der Waals surface area contributed by atoms with Gasteiger partial charge >= 0.3 is 0 Å². The van der Waals surface area contributed by atoms with Gasteiger partial charge in [-0.05, 0) is 88.0 Å². The number of nitrogens with one attached hydrogen (secondary N) is 2. The van der Waals surface area contributed by atoms with E-state index in [0.29, 0.717) is 42.9 Å². The molecule has 3 aliphatic carbocycles. The lowest BCUT2D eigenvalue weighted by Crippen LogP contribution is -2.35. The Balaban J connectivity index is 1.13. The van der Waals surface area contributed by atoms with Crippen LogP contribution in [0.15, 0.2) is 36.5 Å². The van der Waals surface area contributed by atoms with Gasteiger partial charge < -0.3 is 20.8 Å². The highest BCUT2D eigenvalue weighted by atomic mass is 32.1. The number of aromatic nitrogens is 4.